The van der Waals surface area contributed by atoms with E-state index < -0.39 is 0 Å². The lowest BCUT2D eigenvalue weighted by molar-refractivity contribution is 0.171. The van der Waals surface area contributed by atoms with Gasteiger partial charge in [-0.25, -0.2) is 9.78 Å². The molecule has 148 valence electrons. The second kappa shape index (κ2) is 7.61. The van der Waals surface area contributed by atoms with Crippen molar-refractivity contribution in [1.82, 2.24) is 30.3 Å². The third kappa shape index (κ3) is 3.85. The first-order valence-corrected chi connectivity index (χ1v) is 9.81. The van der Waals surface area contributed by atoms with Gasteiger partial charge in [-0.05, 0) is 37.5 Å². The first-order chi connectivity index (χ1) is 13.5. The molecule has 0 bridgehead atoms. The van der Waals surface area contributed by atoms with Gasteiger partial charge in [0.05, 0.1) is 23.5 Å². The highest BCUT2D eigenvalue weighted by molar-refractivity contribution is 5.76. The number of nitrogens with one attached hydrogen (secondary N) is 2. The van der Waals surface area contributed by atoms with Crippen molar-refractivity contribution in [3.8, 4) is 0 Å². The van der Waals surface area contributed by atoms with E-state index in [0.717, 1.165) is 42.1 Å². The number of urea groups is 1. The van der Waals surface area contributed by atoms with Crippen LogP contribution in [0.3, 0.4) is 0 Å². The zero-order valence-corrected chi connectivity index (χ0v) is 16.5. The minimum absolute atomic E-state index is 0.0914. The van der Waals surface area contributed by atoms with Gasteiger partial charge in [0.2, 0.25) is 5.89 Å². The van der Waals surface area contributed by atoms with E-state index in [9.17, 15) is 4.79 Å². The standard InChI is InChI=1S/C20H26N6O2/c1-12(2)18-24-19(28-25-18)14-5-4-8-26(11-14)20(27)21-10-17-22-15-7-6-13(3)9-16(15)23-17/h6-7,9,12,14H,4-5,8,10-11H2,1-3H3,(H,21,27)(H,22,23)/t14-/m1/s1. The molecule has 8 nitrogen and oxygen atoms in total. The lowest BCUT2D eigenvalue weighted by Gasteiger charge is -2.30. The minimum atomic E-state index is -0.0927. The number of H-pyrrole nitrogens is 1. The topological polar surface area (TPSA) is 99.9 Å². The molecule has 0 saturated carbocycles. The zero-order valence-electron chi connectivity index (χ0n) is 16.5. The highest BCUT2D eigenvalue weighted by Gasteiger charge is 2.28. The molecule has 1 aliphatic rings. The van der Waals surface area contributed by atoms with Crippen molar-refractivity contribution >= 4 is 17.1 Å². The molecule has 1 aliphatic heterocycles. The van der Waals surface area contributed by atoms with E-state index in [1.807, 2.05) is 37.8 Å². The van der Waals surface area contributed by atoms with Crippen LogP contribution in [0.2, 0.25) is 0 Å². The van der Waals surface area contributed by atoms with Crippen molar-refractivity contribution in [2.24, 2.45) is 0 Å². The molecule has 3 aromatic rings. The van der Waals surface area contributed by atoms with Gasteiger partial charge >= 0.3 is 6.03 Å². The number of likely N-dealkylation sites (tertiary alicyclic amines) is 1. The SMILES string of the molecule is Cc1ccc2nc(CNC(=O)N3CCC[C@@H](c4nc(C(C)C)no4)C3)[nH]c2c1. The molecule has 28 heavy (non-hydrogen) atoms. The molecule has 0 unspecified atom stereocenters. The number of aromatic amines is 1. The van der Waals surface area contributed by atoms with E-state index in [2.05, 4.69) is 31.5 Å². The smallest absolute Gasteiger partial charge is 0.317 e. The Morgan fingerprint density at radius 3 is 3.04 bits per heavy atom. The maximum Gasteiger partial charge on any atom is 0.317 e. The van der Waals surface area contributed by atoms with Gasteiger partial charge in [0.25, 0.3) is 0 Å². The monoisotopic (exact) mass is 382 g/mol. The number of hydrogen-bond donors (Lipinski definition) is 2. The minimum Gasteiger partial charge on any atom is -0.340 e. The molecule has 2 aromatic heterocycles. The summed E-state index contributed by atoms with van der Waals surface area (Å²) in [4.78, 5) is 26.8. The number of benzene rings is 1. The number of nitrogens with zero attached hydrogens (tertiary/aromatic N) is 4. The average Bonchev–Trinajstić information content (AvgIpc) is 3.33. The van der Waals surface area contributed by atoms with Crippen molar-refractivity contribution in [3.05, 3.63) is 41.3 Å². The third-order valence-electron chi connectivity index (χ3n) is 5.13. The van der Waals surface area contributed by atoms with Crippen LogP contribution in [-0.2, 0) is 6.54 Å². The summed E-state index contributed by atoms with van der Waals surface area (Å²) in [5, 5.41) is 7.01. The molecular weight excluding hydrogens is 356 g/mol. The van der Waals surface area contributed by atoms with E-state index in [-0.39, 0.29) is 17.9 Å². The number of hydrogen-bond acceptors (Lipinski definition) is 5. The Labute approximate surface area is 163 Å². The number of imidazole rings is 1. The van der Waals surface area contributed by atoms with Gasteiger partial charge in [0.1, 0.15) is 5.82 Å². The van der Waals surface area contributed by atoms with E-state index >= 15 is 0 Å². The molecule has 0 aliphatic carbocycles. The van der Waals surface area contributed by atoms with Crippen LogP contribution < -0.4 is 5.32 Å². The number of aromatic nitrogens is 4. The Hall–Kier alpha value is -2.90. The zero-order chi connectivity index (χ0) is 19.7. The molecule has 4 rings (SSSR count). The maximum absolute atomic E-state index is 12.6. The summed E-state index contributed by atoms with van der Waals surface area (Å²) in [7, 11) is 0. The van der Waals surface area contributed by atoms with Gasteiger partial charge in [-0.2, -0.15) is 4.98 Å². The second-order valence-electron chi connectivity index (χ2n) is 7.79. The first-order valence-electron chi connectivity index (χ1n) is 9.81. The van der Waals surface area contributed by atoms with E-state index in [4.69, 9.17) is 4.52 Å². The maximum atomic E-state index is 12.6. The molecule has 0 radical (unpaired) electrons. The van der Waals surface area contributed by atoms with Gasteiger partial charge in [-0.3, -0.25) is 0 Å². The summed E-state index contributed by atoms with van der Waals surface area (Å²) >= 11 is 0. The quantitative estimate of drug-likeness (QED) is 0.720. The van der Waals surface area contributed by atoms with Crippen LogP contribution in [0, 0.1) is 6.92 Å². The van der Waals surface area contributed by atoms with E-state index in [1.165, 1.54) is 5.56 Å². The van der Waals surface area contributed by atoms with Crippen LogP contribution in [0.1, 0.15) is 61.6 Å². The number of carbonyl (C=O) groups excluding carboxylic acids is 1. The summed E-state index contributed by atoms with van der Waals surface area (Å²) in [6.45, 7) is 7.80. The van der Waals surface area contributed by atoms with Gasteiger partial charge in [0.15, 0.2) is 5.82 Å². The molecule has 1 aromatic carbocycles. The lowest BCUT2D eigenvalue weighted by Crippen LogP contribution is -2.44. The number of aryl methyl sites for hydroxylation is 1. The molecular formula is C20H26N6O2. The van der Waals surface area contributed by atoms with Crippen LogP contribution in [0.25, 0.3) is 11.0 Å². The summed E-state index contributed by atoms with van der Waals surface area (Å²) < 4.78 is 5.43. The number of piperidine rings is 1. The normalized spacial score (nSPS) is 17.4. The number of amides is 2. The largest absolute Gasteiger partial charge is 0.340 e. The van der Waals surface area contributed by atoms with Crippen molar-refractivity contribution in [1.29, 1.82) is 0 Å². The Bertz CT molecular complexity index is 976. The summed E-state index contributed by atoms with van der Waals surface area (Å²) in [5.41, 5.74) is 3.07. The molecule has 1 saturated heterocycles. The van der Waals surface area contributed by atoms with Gasteiger partial charge in [0, 0.05) is 19.0 Å². The molecule has 1 atom stereocenters. The fraction of sp³-hybridized carbons (Fsp3) is 0.500. The molecule has 3 heterocycles. The predicted octanol–water partition coefficient (Wildman–Crippen LogP) is 3.47. The average molecular weight is 382 g/mol. The molecule has 2 amide bonds. The van der Waals surface area contributed by atoms with Crippen molar-refractivity contribution in [2.45, 2.75) is 52.0 Å². The number of carbonyl (C=O) groups is 1. The second-order valence-corrected chi connectivity index (χ2v) is 7.79. The Kier molecular flexibility index (Phi) is 5.02. The Morgan fingerprint density at radius 2 is 2.25 bits per heavy atom. The number of fused-ring (bicyclic) bond motifs is 1. The van der Waals surface area contributed by atoms with E-state index in [1.54, 1.807) is 0 Å². The number of rotatable bonds is 4. The third-order valence-corrected chi connectivity index (χ3v) is 5.13. The van der Waals surface area contributed by atoms with Crippen LogP contribution >= 0.6 is 0 Å². The summed E-state index contributed by atoms with van der Waals surface area (Å²) in [6.07, 6.45) is 1.87. The van der Waals surface area contributed by atoms with Crippen molar-refractivity contribution in [3.63, 3.8) is 0 Å². The van der Waals surface area contributed by atoms with Crippen LogP contribution in [0.5, 0.6) is 0 Å². The molecule has 8 heteroatoms. The van der Waals surface area contributed by atoms with Gasteiger partial charge in [-0.15, -0.1) is 0 Å². The van der Waals surface area contributed by atoms with Crippen LogP contribution in [0.4, 0.5) is 4.79 Å². The Morgan fingerprint density at radius 1 is 1.39 bits per heavy atom. The Balaban J connectivity index is 1.36. The van der Waals surface area contributed by atoms with Crippen LogP contribution in [0.15, 0.2) is 22.7 Å². The summed E-state index contributed by atoms with van der Waals surface area (Å²) in [6, 6.07) is 5.97. The molecule has 1 fully saturated rings. The van der Waals surface area contributed by atoms with Crippen molar-refractivity contribution in [2.75, 3.05) is 13.1 Å². The molecule has 2 N–H and O–H groups in total. The highest BCUT2D eigenvalue weighted by atomic mass is 16.5. The predicted molar refractivity (Wildman–Crippen MR) is 105 cm³/mol. The fourth-order valence-corrected chi connectivity index (χ4v) is 3.54. The molecule has 0 spiro atoms. The van der Waals surface area contributed by atoms with Gasteiger partial charge in [-0.1, -0.05) is 25.1 Å². The summed E-state index contributed by atoms with van der Waals surface area (Å²) in [5.74, 6) is 2.42. The highest BCUT2D eigenvalue weighted by Crippen LogP contribution is 2.26. The van der Waals surface area contributed by atoms with Crippen LogP contribution in [-0.4, -0.2) is 44.1 Å². The first kappa shape index (κ1) is 18.5. The van der Waals surface area contributed by atoms with Gasteiger partial charge < -0.3 is 19.7 Å². The van der Waals surface area contributed by atoms with Crippen molar-refractivity contribution < 1.29 is 9.32 Å². The fourth-order valence-electron chi connectivity index (χ4n) is 3.54. The lowest BCUT2D eigenvalue weighted by atomic mass is 9.98. The van der Waals surface area contributed by atoms with E-state index in [0.29, 0.717) is 19.0 Å².